The molecule has 1 atom stereocenters. The van der Waals surface area contributed by atoms with Gasteiger partial charge in [0.2, 0.25) is 0 Å². The molecule has 0 bridgehead atoms. The van der Waals surface area contributed by atoms with Gasteiger partial charge in [0.25, 0.3) is 0 Å². The Hall–Kier alpha value is -0.703. The lowest BCUT2D eigenvalue weighted by Gasteiger charge is -2.20. The third-order valence-corrected chi connectivity index (χ3v) is 5.85. The van der Waals surface area contributed by atoms with Crippen molar-refractivity contribution in [2.45, 2.75) is 39.7 Å². The Balaban J connectivity index is 3.10. The second-order valence-corrected chi connectivity index (χ2v) is 7.04. The van der Waals surface area contributed by atoms with Gasteiger partial charge in [-0.2, -0.15) is 0 Å². The first-order chi connectivity index (χ1) is 6.89. The molecular weight excluding hydrogens is 210 g/mol. The number of halogens is 2. The van der Waals surface area contributed by atoms with E-state index >= 15 is 0 Å². The largest absolute Gasteiger partial charge is 0.458 e. The summed E-state index contributed by atoms with van der Waals surface area (Å²) in [5.74, 6) is 0. The molecule has 3 heteroatoms. The minimum atomic E-state index is -4.24. The van der Waals surface area contributed by atoms with Gasteiger partial charge in [-0.25, -0.2) is 0 Å². The average Bonchev–Trinajstić information content (AvgIpc) is 2.20. The number of hydrogen-bond acceptors (Lipinski definition) is 0. The van der Waals surface area contributed by atoms with Crippen molar-refractivity contribution in [1.29, 1.82) is 0 Å². The maximum Gasteiger partial charge on any atom is 0.458 e. The monoisotopic (exact) mass is 228 g/mol. The fourth-order valence-corrected chi connectivity index (χ4v) is 3.29. The van der Waals surface area contributed by atoms with Gasteiger partial charge in [0.1, 0.15) is 0 Å². The molecule has 0 aliphatic heterocycles. The lowest BCUT2D eigenvalue weighted by Crippen LogP contribution is -2.42. The highest BCUT2D eigenvalue weighted by Gasteiger charge is 2.43. The molecule has 1 aromatic rings. The van der Waals surface area contributed by atoms with Gasteiger partial charge in [-0.05, 0) is 25.0 Å². The Morgan fingerprint density at radius 2 is 1.80 bits per heavy atom. The summed E-state index contributed by atoms with van der Waals surface area (Å²) in [6.07, 6.45) is 0.548. The molecule has 0 aliphatic carbocycles. The van der Waals surface area contributed by atoms with E-state index in [0.29, 0.717) is 6.42 Å². The molecule has 0 saturated heterocycles. The number of hydrogen-bond donors (Lipinski definition) is 0. The van der Waals surface area contributed by atoms with Crippen molar-refractivity contribution in [1.82, 2.24) is 0 Å². The van der Waals surface area contributed by atoms with Crippen LogP contribution in [-0.2, 0) is 0 Å². The third-order valence-electron chi connectivity index (χ3n) is 3.12. The zero-order chi connectivity index (χ0) is 11.6. The molecule has 0 N–H and O–H groups in total. The van der Waals surface area contributed by atoms with Gasteiger partial charge in [-0.3, -0.25) is 8.22 Å². The molecule has 1 unspecified atom stereocenters. The van der Waals surface area contributed by atoms with Crippen LogP contribution >= 0.6 is 0 Å². The lowest BCUT2D eigenvalue weighted by molar-refractivity contribution is 0.572. The molecular formula is C12H18F2Si. The van der Waals surface area contributed by atoms with Crippen LogP contribution in [0.3, 0.4) is 0 Å². The molecule has 0 saturated carbocycles. The van der Waals surface area contributed by atoms with Crippen LogP contribution in [0.4, 0.5) is 8.22 Å². The minimum absolute atomic E-state index is 0.278. The van der Waals surface area contributed by atoms with Gasteiger partial charge in [0.15, 0.2) is 0 Å². The van der Waals surface area contributed by atoms with Crippen LogP contribution in [0, 0.1) is 13.8 Å². The minimum Gasteiger partial charge on any atom is -0.264 e. The molecule has 0 amide bonds. The summed E-state index contributed by atoms with van der Waals surface area (Å²) in [4.78, 5) is 0. The molecule has 0 radical (unpaired) electrons. The van der Waals surface area contributed by atoms with E-state index in [9.17, 15) is 8.22 Å². The molecule has 0 fully saturated rings. The van der Waals surface area contributed by atoms with E-state index in [2.05, 4.69) is 0 Å². The summed E-state index contributed by atoms with van der Waals surface area (Å²) >= 11 is 0. The van der Waals surface area contributed by atoms with Crippen molar-refractivity contribution in [3.05, 3.63) is 29.3 Å². The van der Waals surface area contributed by atoms with Gasteiger partial charge in [-0.1, -0.05) is 38.5 Å². The van der Waals surface area contributed by atoms with Gasteiger partial charge < -0.3 is 0 Å². The van der Waals surface area contributed by atoms with E-state index in [1.807, 2.05) is 20.8 Å². The molecule has 1 aromatic carbocycles. The highest BCUT2D eigenvalue weighted by molar-refractivity contribution is 6.81. The van der Waals surface area contributed by atoms with E-state index < -0.39 is 14.3 Å². The first-order valence-electron chi connectivity index (χ1n) is 5.35. The van der Waals surface area contributed by atoms with Gasteiger partial charge in [0.05, 0.1) is 0 Å². The summed E-state index contributed by atoms with van der Waals surface area (Å²) in [7, 11) is -4.24. The molecule has 0 aromatic heterocycles. The maximum absolute atomic E-state index is 14.0. The Morgan fingerprint density at radius 3 is 2.27 bits per heavy atom. The fourth-order valence-electron chi connectivity index (χ4n) is 1.49. The lowest BCUT2D eigenvalue weighted by atomic mass is 10.1. The van der Waals surface area contributed by atoms with Crippen molar-refractivity contribution in [3.63, 3.8) is 0 Å². The van der Waals surface area contributed by atoms with Crippen molar-refractivity contribution in [3.8, 4) is 0 Å². The highest BCUT2D eigenvalue weighted by Crippen LogP contribution is 2.27. The van der Waals surface area contributed by atoms with E-state index in [1.165, 1.54) is 0 Å². The van der Waals surface area contributed by atoms with Crippen LogP contribution in [0.25, 0.3) is 0 Å². The topological polar surface area (TPSA) is 0 Å². The summed E-state index contributed by atoms with van der Waals surface area (Å²) < 4.78 is 28.0. The van der Waals surface area contributed by atoms with Gasteiger partial charge >= 0.3 is 8.74 Å². The Bertz CT molecular complexity index is 347. The second kappa shape index (κ2) is 4.43. The maximum atomic E-state index is 14.0. The van der Waals surface area contributed by atoms with Gasteiger partial charge in [-0.15, -0.1) is 0 Å². The summed E-state index contributed by atoms with van der Waals surface area (Å²) in [5, 5.41) is 0.278. The zero-order valence-electron chi connectivity index (χ0n) is 9.77. The Kier molecular flexibility index (Phi) is 3.65. The predicted octanol–water partition coefficient (Wildman–Crippen LogP) is 3.69. The molecule has 0 spiro atoms. The molecule has 1 rings (SSSR count). The Morgan fingerprint density at radius 1 is 1.20 bits per heavy atom. The van der Waals surface area contributed by atoms with Crippen molar-refractivity contribution in [2.24, 2.45) is 0 Å². The summed E-state index contributed by atoms with van der Waals surface area (Å²) in [6, 6.07) is 5.06. The van der Waals surface area contributed by atoms with Gasteiger partial charge in [0, 0.05) is 10.7 Å². The molecule has 84 valence electrons. The van der Waals surface area contributed by atoms with E-state index in [1.54, 1.807) is 25.1 Å². The van der Waals surface area contributed by atoms with Crippen LogP contribution in [0.2, 0.25) is 5.54 Å². The SMILES string of the molecule is CCC(C)[Si](F)(F)c1ccc(C)c(C)c1. The highest BCUT2D eigenvalue weighted by atomic mass is 28.4. The molecule has 0 nitrogen and oxygen atoms in total. The number of aryl methyl sites for hydroxylation is 2. The van der Waals surface area contributed by atoms with Crippen molar-refractivity contribution < 1.29 is 8.22 Å². The Labute approximate surface area is 91.7 Å². The summed E-state index contributed by atoms with van der Waals surface area (Å²) in [6.45, 7) is 7.32. The first-order valence-corrected chi connectivity index (χ1v) is 7.18. The second-order valence-electron chi connectivity index (χ2n) is 4.23. The van der Waals surface area contributed by atoms with Crippen LogP contribution in [-0.4, -0.2) is 8.74 Å². The average molecular weight is 228 g/mol. The smallest absolute Gasteiger partial charge is 0.264 e. The standard InChI is InChI=1S/C12H18F2Si/c1-5-11(4)15(13,14)12-7-6-9(2)10(3)8-12/h6-8,11H,5H2,1-4H3. The number of rotatable bonds is 3. The molecule has 0 aliphatic rings. The predicted molar refractivity (Wildman–Crippen MR) is 63.2 cm³/mol. The quantitative estimate of drug-likeness (QED) is 0.547. The van der Waals surface area contributed by atoms with Crippen LogP contribution in [0.15, 0.2) is 18.2 Å². The van der Waals surface area contributed by atoms with Crippen molar-refractivity contribution in [2.75, 3.05) is 0 Å². The zero-order valence-corrected chi connectivity index (χ0v) is 10.8. The summed E-state index contributed by atoms with van der Waals surface area (Å²) in [5.41, 5.74) is 1.57. The van der Waals surface area contributed by atoms with Crippen LogP contribution < -0.4 is 5.19 Å². The first kappa shape index (κ1) is 12.4. The molecule has 0 heterocycles. The van der Waals surface area contributed by atoms with Crippen LogP contribution in [0.5, 0.6) is 0 Å². The van der Waals surface area contributed by atoms with E-state index in [-0.39, 0.29) is 5.19 Å². The van der Waals surface area contributed by atoms with E-state index in [4.69, 9.17) is 0 Å². The van der Waals surface area contributed by atoms with E-state index in [0.717, 1.165) is 11.1 Å². The third kappa shape index (κ3) is 2.45. The fraction of sp³-hybridized carbons (Fsp3) is 0.500. The molecule has 15 heavy (non-hydrogen) atoms. The van der Waals surface area contributed by atoms with Crippen molar-refractivity contribution >= 4 is 13.9 Å². The van der Waals surface area contributed by atoms with Crippen LogP contribution in [0.1, 0.15) is 31.4 Å². The normalized spacial score (nSPS) is 14.0. The number of benzene rings is 1.